The van der Waals surface area contributed by atoms with Gasteiger partial charge < -0.3 is 15.2 Å². The summed E-state index contributed by atoms with van der Waals surface area (Å²) in [4.78, 5) is 31.2. The van der Waals surface area contributed by atoms with E-state index in [0.29, 0.717) is 40.4 Å². The molecule has 1 saturated carbocycles. The number of carbonyl (C=O) groups excluding carboxylic acids is 1. The summed E-state index contributed by atoms with van der Waals surface area (Å²) in [5, 5.41) is 8.58. The topological polar surface area (TPSA) is 142 Å². The molecule has 1 fully saturated rings. The fourth-order valence-electron chi connectivity index (χ4n) is 3.92. The molecular weight excluding hydrogens is 434 g/mol. The van der Waals surface area contributed by atoms with Crippen LogP contribution in [0.1, 0.15) is 31.2 Å². The highest BCUT2D eigenvalue weighted by molar-refractivity contribution is 5.75. The quantitative estimate of drug-likeness (QED) is 0.440. The van der Waals surface area contributed by atoms with Gasteiger partial charge in [-0.3, -0.25) is 14.5 Å². The molecule has 11 heteroatoms. The van der Waals surface area contributed by atoms with Gasteiger partial charge in [-0.2, -0.15) is 10.1 Å². The van der Waals surface area contributed by atoms with Gasteiger partial charge >= 0.3 is 0 Å². The van der Waals surface area contributed by atoms with Crippen molar-refractivity contribution in [2.45, 2.75) is 31.7 Å². The van der Waals surface area contributed by atoms with E-state index < -0.39 is 5.41 Å². The molecule has 34 heavy (non-hydrogen) atoms. The highest BCUT2D eigenvalue weighted by atomic mass is 16.5. The third kappa shape index (κ3) is 4.00. The fraction of sp³-hybridized carbons (Fsp3) is 0.348. The van der Waals surface area contributed by atoms with Gasteiger partial charge in [-0.15, -0.1) is 0 Å². The largest absolute Gasteiger partial charge is 0.382 e. The molecule has 2 N–H and O–H groups in total. The maximum atomic E-state index is 12.0. The van der Waals surface area contributed by atoms with E-state index in [0.717, 1.165) is 18.4 Å². The molecule has 4 aromatic rings. The number of carbonyl (C=O) groups is 1. The van der Waals surface area contributed by atoms with Crippen molar-refractivity contribution in [1.82, 2.24) is 39.8 Å². The van der Waals surface area contributed by atoms with Crippen LogP contribution in [0.2, 0.25) is 0 Å². The van der Waals surface area contributed by atoms with Gasteiger partial charge in [0.15, 0.2) is 5.82 Å². The average molecular weight is 460 g/mol. The van der Waals surface area contributed by atoms with Gasteiger partial charge in [0, 0.05) is 26.5 Å². The van der Waals surface area contributed by atoms with Crippen molar-refractivity contribution in [2.75, 3.05) is 19.8 Å². The number of aromatic nitrogens is 7. The van der Waals surface area contributed by atoms with E-state index in [1.165, 1.54) is 11.1 Å². The summed E-state index contributed by atoms with van der Waals surface area (Å²) in [7, 11) is 3.42. The van der Waals surface area contributed by atoms with Crippen LogP contribution in [0.5, 0.6) is 0 Å². The number of amides is 1. The van der Waals surface area contributed by atoms with Crippen LogP contribution < -0.4 is 5.73 Å². The Hall–Kier alpha value is -4.15. The normalized spacial score (nSPS) is 15.1. The summed E-state index contributed by atoms with van der Waals surface area (Å²) in [6.45, 7) is 2.27. The van der Waals surface area contributed by atoms with Gasteiger partial charge in [0.1, 0.15) is 18.1 Å². The minimum Gasteiger partial charge on any atom is -0.382 e. The first kappa shape index (κ1) is 21.7. The number of pyridine rings is 1. The van der Waals surface area contributed by atoms with Gasteiger partial charge in [0.25, 0.3) is 5.89 Å². The van der Waals surface area contributed by atoms with Crippen LogP contribution in [0, 0.1) is 5.92 Å². The number of nitrogens with zero attached hydrogens (tertiary/aromatic N) is 8. The number of hydrogen-bond donors (Lipinski definition) is 1. The summed E-state index contributed by atoms with van der Waals surface area (Å²) in [5.74, 6) is 1.67. The Bertz CT molecular complexity index is 1310. The number of nitrogens with two attached hydrogens (primary N) is 1. The van der Waals surface area contributed by atoms with E-state index in [1.807, 2.05) is 18.3 Å². The standard InChI is InChI=1S/C23H25N9O2/c1-23(15-4-5-15,16-6-7-17(25-9-16)18-10-27-19(24)11-26-18)22-29-21(34-30-22)14-8-28-32(12-14)13-20(33)31(2)3/h6-12,15H,4-5,13H2,1-3H3,(H2,24,27)/t23-/m0/s1. The van der Waals surface area contributed by atoms with E-state index in [2.05, 4.69) is 32.1 Å². The first-order valence-corrected chi connectivity index (χ1v) is 11.0. The molecule has 0 spiro atoms. The monoisotopic (exact) mass is 459 g/mol. The first-order chi connectivity index (χ1) is 16.3. The zero-order valence-electron chi connectivity index (χ0n) is 19.2. The maximum Gasteiger partial charge on any atom is 0.261 e. The van der Waals surface area contributed by atoms with E-state index >= 15 is 0 Å². The zero-order valence-corrected chi connectivity index (χ0v) is 19.2. The fourth-order valence-corrected chi connectivity index (χ4v) is 3.92. The summed E-state index contributed by atoms with van der Waals surface area (Å²) in [6.07, 6.45) is 10.5. The van der Waals surface area contributed by atoms with Gasteiger partial charge in [-0.05, 0) is 37.3 Å². The third-order valence-electron chi connectivity index (χ3n) is 6.26. The van der Waals surface area contributed by atoms with Crippen LogP contribution in [-0.2, 0) is 16.8 Å². The predicted molar refractivity (Wildman–Crippen MR) is 123 cm³/mol. The number of likely N-dealkylation sites (N-methyl/N-ethyl adjacent to an activating group) is 1. The summed E-state index contributed by atoms with van der Waals surface area (Å²) < 4.78 is 7.17. The van der Waals surface area contributed by atoms with Crippen molar-refractivity contribution >= 4 is 11.7 Å². The Kier molecular flexibility index (Phi) is 5.31. The predicted octanol–water partition coefficient (Wildman–Crippen LogP) is 2.17. The Labute approximate surface area is 196 Å². The summed E-state index contributed by atoms with van der Waals surface area (Å²) in [5.41, 5.74) is 8.21. The lowest BCUT2D eigenvalue weighted by Gasteiger charge is -2.26. The molecule has 1 amide bonds. The number of nitrogen functional groups attached to an aromatic ring is 1. The van der Waals surface area contributed by atoms with Crippen LogP contribution in [0.4, 0.5) is 5.82 Å². The Morgan fingerprint density at radius 2 is 1.94 bits per heavy atom. The van der Waals surface area contributed by atoms with E-state index in [4.69, 9.17) is 15.2 Å². The molecule has 0 unspecified atom stereocenters. The van der Waals surface area contributed by atoms with Gasteiger partial charge in [-0.25, -0.2) is 9.97 Å². The summed E-state index contributed by atoms with van der Waals surface area (Å²) in [6, 6.07) is 3.95. The Morgan fingerprint density at radius 1 is 1.15 bits per heavy atom. The summed E-state index contributed by atoms with van der Waals surface area (Å²) >= 11 is 0. The van der Waals surface area contributed by atoms with Crippen molar-refractivity contribution in [3.63, 3.8) is 0 Å². The van der Waals surface area contributed by atoms with Crippen molar-refractivity contribution in [3.8, 4) is 22.8 Å². The van der Waals surface area contributed by atoms with Gasteiger partial charge in [0.05, 0.1) is 35.3 Å². The second-order valence-corrected chi connectivity index (χ2v) is 8.87. The van der Waals surface area contributed by atoms with E-state index in [1.54, 1.807) is 37.4 Å². The third-order valence-corrected chi connectivity index (χ3v) is 6.26. The second-order valence-electron chi connectivity index (χ2n) is 8.87. The lowest BCUT2D eigenvalue weighted by Crippen LogP contribution is -2.28. The van der Waals surface area contributed by atoms with Gasteiger partial charge in [-0.1, -0.05) is 11.2 Å². The highest BCUT2D eigenvalue weighted by Crippen LogP contribution is 2.50. The molecule has 0 saturated heterocycles. The molecule has 174 valence electrons. The van der Waals surface area contributed by atoms with Crippen molar-refractivity contribution in [3.05, 3.63) is 54.5 Å². The lowest BCUT2D eigenvalue weighted by atomic mass is 9.77. The smallest absolute Gasteiger partial charge is 0.261 e. The maximum absolute atomic E-state index is 12.0. The van der Waals surface area contributed by atoms with E-state index in [9.17, 15) is 4.79 Å². The zero-order chi connectivity index (χ0) is 23.9. The molecule has 5 rings (SSSR count). The van der Waals surface area contributed by atoms with Crippen LogP contribution in [0.25, 0.3) is 22.8 Å². The second kappa shape index (κ2) is 8.32. The molecule has 0 aliphatic heterocycles. The molecule has 0 aromatic carbocycles. The van der Waals surface area contributed by atoms with Crippen LogP contribution in [0.3, 0.4) is 0 Å². The minimum atomic E-state index is -0.447. The lowest BCUT2D eigenvalue weighted by molar-refractivity contribution is -0.129. The van der Waals surface area contributed by atoms with Crippen LogP contribution in [0.15, 0.2) is 47.6 Å². The molecule has 0 bridgehead atoms. The molecule has 1 aliphatic carbocycles. The van der Waals surface area contributed by atoms with Crippen molar-refractivity contribution in [2.24, 2.45) is 5.92 Å². The first-order valence-electron chi connectivity index (χ1n) is 11.0. The van der Waals surface area contributed by atoms with Gasteiger partial charge in [0.2, 0.25) is 5.91 Å². The number of rotatable bonds is 7. The molecule has 1 atom stereocenters. The van der Waals surface area contributed by atoms with Crippen LogP contribution in [-0.4, -0.2) is 59.8 Å². The van der Waals surface area contributed by atoms with Crippen molar-refractivity contribution in [1.29, 1.82) is 0 Å². The number of anilines is 1. The molecule has 11 nitrogen and oxygen atoms in total. The molecule has 1 aliphatic rings. The average Bonchev–Trinajstić information content (AvgIpc) is 3.39. The highest BCUT2D eigenvalue weighted by Gasteiger charge is 2.47. The van der Waals surface area contributed by atoms with E-state index in [-0.39, 0.29) is 12.5 Å². The Morgan fingerprint density at radius 3 is 2.59 bits per heavy atom. The molecular formula is C23H25N9O2. The SMILES string of the molecule is CN(C)C(=O)Cn1cc(-c2nc([C@](C)(c3ccc(-c4cnc(N)cn4)nc3)C3CC3)no2)cn1. The Balaban J connectivity index is 1.41. The van der Waals surface area contributed by atoms with Crippen molar-refractivity contribution < 1.29 is 9.32 Å². The van der Waals surface area contributed by atoms with Crippen LogP contribution >= 0.6 is 0 Å². The molecule has 0 radical (unpaired) electrons. The molecule has 4 aromatic heterocycles. The number of hydrogen-bond acceptors (Lipinski definition) is 9. The molecule has 4 heterocycles. The minimum absolute atomic E-state index is 0.0527.